The zero-order chi connectivity index (χ0) is 12.9. The average molecular weight is 246 g/mol. The third-order valence-corrected chi connectivity index (χ3v) is 3.76. The summed E-state index contributed by atoms with van der Waals surface area (Å²) in [5.74, 6) is 0.999. The number of hydrogen-bond donors (Lipinski definition) is 0. The number of benzene rings is 2. The van der Waals surface area contributed by atoms with Crippen molar-refractivity contribution in [1.29, 1.82) is 0 Å². The first-order chi connectivity index (χ1) is 9.45. The van der Waals surface area contributed by atoms with Crippen molar-refractivity contribution in [2.24, 2.45) is 5.92 Å². The Kier molecular flexibility index (Phi) is 3.60. The van der Waals surface area contributed by atoms with Crippen LogP contribution in [0.5, 0.6) is 0 Å². The molecule has 0 heteroatoms. The number of allylic oxidation sites excluding steroid dienone is 4. The van der Waals surface area contributed by atoms with Gasteiger partial charge in [0.25, 0.3) is 0 Å². The number of hydrogen-bond acceptors (Lipinski definition) is 0. The van der Waals surface area contributed by atoms with Gasteiger partial charge in [0.2, 0.25) is 0 Å². The van der Waals surface area contributed by atoms with Gasteiger partial charge in [0, 0.05) is 5.92 Å². The van der Waals surface area contributed by atoms with Crippen LogP contribution in [-0.4, -0.2) is 0 Å². The molecule has 19 heavy (non-hydrogen) atoms. The van der Waals surface area contributed by atoms with Gasteiger partial charge >= 0.3 is 0 Å². The molecule has 1 atom stereocenters. The highest BCUT2D eigenvalue weighted by molar-refractivity contribution is 5.35. The molecule has 1 aliphatic rings. The van der Waals surface area contributed by atoms with Gasteiger partial charge in [-0.15, -0.1) is 0 Å². The van der Waals surface area contributed by atoms with E-state index in [0.717, 1.165) is 6.42 Å². The zero-order valence-corrected chi connectivity index (χ0v) is 10.9. The first-order valence-corrected chi connectivity index (χ1v) is 6.88. The second-order valence-corrected chi connectivity index (χ2v) is 5.01. The van der Waals surface area contributed by atoms with Crippen molar-refractivity contribution < 1.29 is 0 Å². The van der Waals surface area contributed by atoms with Crippen molar-refractivity contribution in [2.75, 3.05) is 0 Å². The van der Waals surface area contributed by atoms with Gasteiger partial charge in [-0.3, -0.25) is 0 Å². The van der Waals surface area contributed by atoms with E-state index in [4.69, 9.17) is 0 Å². The maximum atomic E-state index is 2.34. The minimum atomic E-state index is 0.448. The third kappa shape index (κ3) is 2.68. The van der Waals surface area contributed by atoms with E-state index in [0.29, 0.717) is 11.8 Å². The second kappa shape index (κ2) is 5.71. The van der Waals surface area contributed by atoms with E-state index in [2.05, 4.69) is 85.0 Å². The van der Waals surface area contributed by atoms with E-state index in [1.807, 2.05) is 0 Å². The van der Waals surface area contributed by atoms with E-state index < -0.39 is 0 Å². The van der Waals surface area contributed by atoms with Crippen LogP contribution in [0.2, 0.25) is 0 Å². The van der Waals surface area contributed by atoms with Crippen LogP contribution in [0.1, 0.15) is 23.5 Å². The van der Waals surface area contributed by atoms with Crippen molar-refractivity contribution in [3.05, 3.63) is 96.1 Å². The Hall–Kier alpha value is -2.08. The van der Waals surface area contributed by atoms with Gasteiger partial charge in [0.15, 0.2) is 0 Å². The molecule has 0 saturated carbocycles. The van der Waals surface area contributed by atoms with Crippen LogP contribution in [0, 0.1) is 5.92 Å². The van der Waals surface area contributed by atoms with Crippen LogP contribution in [0.15, 0.2) is 85.0 Å². The van der Waals surface area contributed by atoms with Crippen LogP contribution in [0.4, 0.5) is 0 Å². The Balaban J connectivity index is 2.01. The molecule has 0 aromatic heterocycles. The van der Waals surface area contributed by atoms with E-state index >= 15 is 0 Å². The highest BCUT2D eigenvalue weighted by Crippen LogP contribution is 2.36. The van der Waals surface area contributed by atoms with Gasteiger partial charge in [-0.1, -0.05) is 85.0 Å². The molecule has 94 valence electrons. The molecule has 0 fully saturated rings. The van der Waals surface area contributed by atoms with Gasteiger partial charge in [0.05, 0.1) is 0 Å². The van der Waals surface area contributed by atoms with Crippen LogP contribution >= 0.6 is 0 Å². The molecule has 1 aliphatic carbocycles. The smallest absolute Gasteiger partial charge is 0.0155 e. The summed E-state index contributed by atoms with van der Waals surface area (Å²) in [4.78, 5) is 0. The fourth-order valence-electron chi connectivity index (χ4n) is 2.85. The Morgan fingerprint density at radius 2 is 1.32 bits per heavy atom. The molecule has 0 nitrogen and oxygen atoms in total. The highest BCUT2D eigenvalue weighted by Gasteiger charge is 2.22. The van der Waals surface area contributed by atoms with Crippen LogP contribution in [0.25, 0.3) is 0 Å². The predicted octanol–water partition coefficient (Wildman–Crippen LogP) is 4.95. The highest BCUT2D eigenvalue weighted by atomic mass is 14.3. The summed E-state index contributed by atoms with van der Waals surface area (Å²) >= 11 is 0. The van der Waals surface area contributed by atoms with Crippen molar-refractivity contribution >= 4 is 0 Å². The molecule has 0 bridgehead atoms. The Bertz CT molecular complexity index is 524. The second-order valence-electron chi connectivity index (χ2n) is 5.01. The molecule has 0 spiro atoms. The van der Waals surface area contributed by atoms with Crippen molar-refractivity contribution in [2.45, 2.75) is 12.3 Å². The molecule has 0 radical (unpaired) electrons. The standard InChI is InChI=1S/C19H18/c1-4-10-16(11-5-1)19(17-12-6-2-7-13-17)18-14-8-3-9-15-18/h1-14,18-19H,15H2. The normalized spacial score (nSPS) is 17.8. The van der Waals surface area contributed by atoms with Crippen LogP contribution in [-0.2, 0) is 0 Å². The van der Waals surface area contributed by atoms with Crippen LogP contribution < -0.4 is 0 Å². The summed E-state index contributed by atoms with van der Waals surface area (Å²) in [7, 11) is 0. The molecule has 3 rings (SSSR count). The monoisotopic (exact) mass is 246 g/mol. The zero-order valence-electron chi connectivity index (χ0n) is 10.9. The Morgan fingerprint density at radius 3 is 1.79 bits per heavy atom. The summed E-state index contributed by atoms with van der Waals surface area (Å²) in [5, 5.41) is 0. The molecule has 0 heterocycles. The lowest BCUT2D eigenvalue weighted by atomic mass is 9.78. The van der Waals surface area contributed by atoms with E-state index in [-0.39, 0.29) is 0 Å². The maximum absolute atomic E-state index is 2.34. The summed E-state index contributed by atoms with van der Waals surface area (Å²) in [6.07, 6.45) is 10.0. The minimum absolute atomic E-state index is 0.448. The lowest BCUT2D eigenvalue weighted by Crippen LogP contribution is -2.13. The van der Waals surface area contributed by atoms with Crippen molar-refractivity contribution in [3.8, 4) is 0 Å². The molecule has 2 aromatic carbocycles. The molecule has 0 N–H and O–H groups in total. The van der Waals surface area contributed by atoms with Crippen LogP contribution in [0.3, 0.4) is 0 Å². The van der Waals surface area contributed by atoms with E-state index in [9.17, 15) is 0 Å². The largest absolute Gasteiger partial charge is 0.0839 e. The molecule has 2 aromatic rings. The topological polar surface area (TPSA) is 0 Å². The molecule has 0 amide bonds. The summed E-state index contributed by atoms with van der Waals surface area (Å²) in [6.45, 7) is 0. The SMILES string of the molecule is C1=CCC(C(c2ccccc2)c2ccccc2)C=C1. The predicted molar refractivity (Wildman–Crippen MR) is 81.1 cm³/mol. The third-order valence-electron chi connectivity index (χ3n) is 3.76. The van der Waals surface area contributed by atoms with Crippen molar-refractivity contribution in [3.63, 3.8) is 0 Å². The summed E-state index contributed by atoms with van der Waals surface area (Å²) < 4.78 is 0. The lowest BCUT2D eigenvalue weighted by Gasteiger charge is -2.26. The van der Waals surface area contributed by atoms with Gasteiger partial charge in [-0.2, -0.15) is 0 Å². The molecule has 0 saturated heterocycles. The maximum Gasteiger partial charge on any atom is 0.0155 e. The van der Waals surface area contributed by atoms with E-state index in [1.54, 1.807) is 0 Å². The number of rotatable bonds is 3. The first-order valence-electron chi connectivity index (χ1n) is 6.88. The van der Waals surface area contributed by atoms with Gasteiger partial charge < -0.3 is 0 Å². The Labute approximate surface area is 115 Å². The van der Waals surface area contributed by atoms with E-state index in [1.165, 1.54) is 11.1 Å². The summed E-state index contributed by atoms with van der Waals surface area (Å²) in [5.41, 5.74) is 2.80. The molecular formula is C19H18. The fraction of sp³-hybridized carbons (Fsp3) is 0.158. The summed E-state index contributed by atoms with van der Waals surface area (Å²) in [6, 6.07) is 21.7. The molecular weight excluding hydrogens is 228 g/mol. The van der Waals surface area contributed by atoms with Gasteiger partial charge in [-0.25, -0.2) is 0 Å². The first kappa shape index (κ1) is 12.0. The van der Waals surface area contributed by atoms with Gasteiger partial charge in [-0.05, 0) is 23.5 Å². The molecule has 0 aliphatic heterocycles. The quantitative estimate of drug-likeness (QED) is 0.718. The average Bonchev–Trinajstić information content (AvgIpc) is 2.51. The minimum Gasteiger partial charge on any atom is -0.0839 e. The lowest BCUT2D eigenvalue weighted by molar-refractivity contribution is 0.572. The Morgan fingerprint density at radius 1 is 0.737 bits per heavy atom. The fourth-order valence-corrected chi connectivity index (χ4v) is 2.85. The van der Waals surface area contributed by atoms with Gasteiger partial charge in [0.1, 0.15) is 0 Å². The molecule has 1 unspecified atom stereocenters. The van der Waals surface area contributed by atoms with Crippen molar-refractivity contribution in [1.82, 2.24) is 0 Å².